The number of hydrogen-bond acceptors (Lipinski definition) is 4. The van der Waals surface area contributed by atoms with Gasteiger partial charge in [-0.1, -0.05) is 6.92 Å². The lowest BCUT2D eigenvalue weighted by atomic mass is 10.1. The molecule has 0 fully saturated rings. The summed E-state index contributed by atoms with van der Waals surface area (Å²) >= 11 is 0. The molecule has 4 nitrogen and oxygen atoms in total. The van der Waals surface area contributed by atoms with E-state index in [0.717, 1.165) is 17.7 Å². The van der Waals surface area contributed by atoms with E-state index < -0.39 is 0 Å². The van der Waals surface area contributed by atoms with Crippen LogP contribution in [0.2, 0.25) is 0 Å². The zero-order valence-electron chi connectivity index (χ0n) is 9.10. The van der Waals surface area contributed by atoms with Crippen molar-refractivity contribution < 1.29 is 9.52 Å². The number of nitrogens with two attached hydrogens (primary N) is 1. The molecule has 0 bridgehead atoms. The van der Waals surface area contributed by atoms with E-state index in [-0.39, 0.29) is 5.75 Å². The largest absolute Gasteiger partial charge is 0.508 e. The molecular formula is C12H14N2O2. The minimum Gasteiger partial charge on any atom is -0.508 e. The molecule has 16 heavy (non-hydrogen) atoms. The summed E-state index contributed by atoms with van der Waals surface area (Å²) in [5.74, 6) is 0.919. The van der Waals surface area contributed by atoms with Gasteiger partial charge in [0.05, 0.1) is 0 Å². The number of aromatic nitrogens is 1. The minimum absolute atomic E-state index is 0.213. The number of aromatic hydroxyl groups is 1. The van der Waals surface area contributed by atoms with Crippen LogP contribution in [0, 0.1) is 0 Å². The van der Waals surface area contributed by atoms with Crippen LogP contribution in [0.1, 0.15) is 18.4 Å². The number of aryl methyl sites for hydroxylation is 1. The van der Waals surface area contributed by atoms with E-state index in [1.165, 1.54) is 0 Å². The first-order chi connectivity index (χ1) is 7.74. The van der Waals surface area contributed by atoms with Gasteiger partial charge < -0.3 is 15.3 Å². The van der Waals surface area contributed by atoms with E-state index in [1.807, 2.05) is 13.0 Å². The molecule has 1 aromatic heterocycles. The summed E-state index contributed by atoms with van der Waals surface area (Å²) in [5, 5.41) is 9.51. The first-order valence-electron chi connectivity index (χ1n) is 5.21. The molecule has 84 valence electrons. The van der Waals surface area contributed by atoms with Crippen molar-refractivity contribution in [2.24, 2.45) is 5.73 Å². The van der Waals surface area contributed by atoms with Gasteiger partial charge in [-0.15, -0.1) is 0 Å². The molecule has 0 aliphatic rings. The average molecular weight is 218 g/mol. The fourth-order valence-corrected chi connectivity index (χ4v) is 1.51. The van der Waals surface area contributed by atoms with Crippen molar-refractivity contribution in [2.45, 2.75) is 19.9 Å². The minimum atomic E-state index is 0.213. The topological polar surface area (TPSA) is 72.3 Å². The Balaban J connectivity index is 2.40. The molecule has 0 aliphatic carbocycles. The summed E-state index contributed by atoms with van der Waals surface area (Å²) in [6.45, 7) is 2.29. The molecule has 0 atom stereocenters. The van der Waals surface area contributed by atoms with Crippen molar-refractivity contribution in [3.63, 3.8) is 0 Å². The van der Waals surface area contributed by atoms with Crippen molar-refractivity contribution in [3.8, 4) is 17.0 Å². The van der Waals surface area contributed by atoms with Crippen molar-refractivity contribution in [1.29, 1.82) is 0 Å². The van der Waals surface area contributed by atoms with E-state index in [0.29, 0.717) is 18.0 Å². The summed E-state index contributed by atoms with van der Waals surface area (Å²) in [5.41, 5.74) is 7.91. The van der Waals surface area contributed by atoms with Gasteiger partial charge in [0.15, 0.2) is 5.89 Å². The van der Waals surface area contributed by atoms with Crippen LogP contribution in [-0.2, 0) is 13.0 Å². The highest BCUT2D eigenvalue weighted by molar-refractivity contribution is 5.61. The van der Waals surface area contributed by atoms with E-state index in [9.17, 15) is 5.11 Å². The van der Waals surface area contributed by atoms with Gasteiger partial charge in [-0.25, -0.2) is 4.98 Å². The van der Waals surface area contributed by atoms with Crippen LogP contribution in [0.3, 0.4) is 0 Å². The predicted octanol–water partition coefficient (Wildman–Crippen LogP) is 2.07. The predicted molar refractivity (Wildman–Crippen MR) is 60.9 cm³/mol. The first kappa shape index (κ1) is 10.7. The number of phenols is 1. The van der Waals surface area contributed by atoms with Gasteiger partial charge >= 0.3 is 0 Å². The van der Waals surface area contributed by atoms with Crippen LogP contribution >= 0.6 is 0 Å². The van der Waals surface area contributed by atoms with Crippen molar-refractivity contribution >= 4 is 0 Å². The molecule has 1 heterocycles. The number of benzene rings is 1. The van der Waals surface area contributed by atoms with E-state index in [4.69, 9.17) is 10.2 Å². The summed E-state index contributed by atoms with van der Waals surface area (Å²) in [6, 6.07) is 5.25. The van der Waals surface area contributed by atoms with Crippen LogP contribution in [0.4, 0.5) is 0 Å². The third-order valence-electron chi connectivity index (χ3n) is 2.45. The summed E-state index contributed by atoms with van der Waals surface area (Å²) in [7, 11) is 0. The molecule has 0 spiro atoms. The van der Waals surface area contributed by atoms with Gasteiger partial charge in [-0.2, -0.15) is 0 Å². The van der Waals surface area contributed by atoms with Crippen molar-refractivity contribution in [3.05, 3.63) is 35.9 Å². The average Bonchev–Trinajstić information content (AvgIpc) is 2.78. The first-order valence-corrected chi connectivity index (χ1v) is 5.21. The van der Waals surface area contributed by atoms with Gasteiger partial charge in [-0.3, -0.25) is 0 Å². The van der Waals surface area contributed by atoms with Gasteiger partial charge in [-0.05, 0) is 18.2 Å². The Morgan fingerprint density at radius 2 is 2.25 bits per heavy atom. The Hall–Kier alpha value is -1.81. The molecule has 0 amide bonds. The van der Waals surface area contributed by atoms with E-state index >= 15 is 0 Å². The van der Waals surface area contributed by atoms with Crippen LogP contribution in [0.5, 0.6) is 5.75 Å². The Kier molecular flexibility index (Phi) is 2.92. The Bertz CT molecular complexity index is 492. The number of nitrogens with zero attached hydrogens (tertiary/aromatic N) is 1. The molecule has 0 unspecified atom stereocenters. The third kappa shape index (κ3) is 1.92. The second-order valence-corrected chi connectivity index (χ2v) is 3.53. The van der Waals surface area contributed by atoms with Crippen LogP contribution in [-0.4, -0.2) is 10.1 Å². The maximum atomic E-state index is 9.51. The molecule has 0 radical (unpaired) electrons. The van der Waals surface area contributed by atoms with Crippen LogP contribution in [0.25, 0.3) is 11.3 Å². The highest BCUT2D eigenvalue weighted by Crippen LogP contribution is 2.25. The second kappa shape index (κ2) is 4.37. The van der Waals surface area contributed by atoms with Gasteiger partial charge in [0.1, 0.15) is 17.7 Å². The summed E-state index contributed by atoms with van der Waals surface area (Å²) in [6.07, 6.45) is 2.38. The second-order valence-electron chi connectivity index (χ2n) is 3.53. The van der Waals surface area contributed by atoms with E-state index in [1.54, 1.807) is 18.4 Å². The Morgan fingerprint density at radius 1 is 1.44 bits per heavy atom. The smallest absolute Gasteiger partial charge is 0.194 e. The molecule has 2 rings (SSSR count). The Labute approximate surface area is 93.7 Å². The van der Waals surface area contributed by atoms with Crippen molar-refractivity contribution in [2.75, 3.05) is 0 Å². The van der Waals surface area contributed by atoms with Gasteiger partial charge in [0.25, 0.3) is 0 Å². The molecular weight excluding hydrogens is 204 g/mol. The lowest BCUT2D eigenvalue weighted by molar-refractivity contribution is 0.468. The van der Waals surface area contributed by atoms with E-state index in [2.05, 4.69) is 4.98 Å². The van der Waals surface area contributed by atoms with Crippen LogP contribution < -0.4 is 5.73 Å². The van der Waals surface area contributed by atoms with Crippen molar-refractivity contribution in [1.82, 2.24) is 4.98 Å². The molecule has 1 aromatic carbocycles. The number of oxazole rings is 1. The number of phenolic OH excluding ortho intramolecular Hbond substituents is 1. The molecule has 4 heteroatoms. The lowest BCUT2D eigenvalue weighted by Gasteiger charge is -2.03. The highest BCUT2D eigenvalue weighted by atomic mass is 16.3. The number of rotatable bonds is 3. The third-order valence-corrected chi connectivity index (χ3v) is 2.45. The van der Waals surface area contributed by atoms with Crippen LogP contribution in [0.15, 0.2) is 28.9 Å². The Morgan fingerprint density at radius 3 is 2.88 bits per heavy atom. The fraction of sp³-hybridized carbons (Fsp3) is 0.250. The molecule has 0 aliphatic heterocycles. The molecule has 3 N–H and O–H groups in total. The quantitative estimate of drug-likeness (QED) is 0.827. The standard InChI is InChI=1S/C12H14N2O2/c1-2-12-14-10(7-16-12)8-3-4-11(15)9(5-8)6-13/h3-5,7,15H,2,6,13H2,1H3. The molecule has 0 saturated heterocycles. The summed E-state index contributed by atoms with van der Waals surface area (Å²) < 4.78 is 5.27. The summed E-state index contributed by atoms with van der Waals surface area (Å²) in [4.78, 5) is 4.31. The SMILES string of the molecule is CCc1nc(-c2ccc(O)c(CN)c2)co1. The zero-order valence-corrected chi connectivity index (χ0v) is 9.10. The molecule has 2 aromatic rings. The maximum Gasteiger partial charge on any atom is 0.194 e. The molecule has 0 saturated carbocycles. The highest BCUT2D eigenvalue weighted by Gasteiger charge is 2.07. The van der Waals surface area contributed by atoms with Gasteiger partial charge in [0, 0.05) is 24.1 Å². The monoisotopic (exact) mass is 218 g/mol. The maximum absolute atomic E-state index is 9.51. The normalized spacial score (nSPS) is 10.6. The van der Waals surface area contributed by atoms with Gasteiger partial charge in [0.2, 0.25) is 0 Å². The number of hydrogen-bond donors (Lipinski definition) is 2. The zero-order chi connectivity index (χ0) is 11.5. The fourth-order valence-electron chi connectivity index (χ4n) is 1.51. The lowest BCUT2D eigenvalue weighted by Crippen LogP contribution is -1.96.